The van der Waals surface area contributed by atoms with Gasteiger partial charge in [-0.3, -0.25) is 0 Å². The Kier molecular flexibility index (Phi) is 5.04. The molecular formula is C15H17ClN2OS. The van der Waals surface area contributed by atoms with Crippen LogP contribution >= 0.6 is 23.8 Å². The Balaban J connectivity index is 2.09. The third-order valence-electron chi connectivity index (χ3n) is 2.98. The third kappa shape index (κ3) is 3.74. The number of rotatable bonds is 3. The molecule has 5 heteroatoms. The van der Waals surface area contributed by atoms with Crippen LogP contribution in [-0.2, 0) is 0 Å². The van der Waals surface area contributed by atoms with E-state index < -0.39 is 0 Å². The first kappa shape index (κ1) is 14.9. The van der Waals surface area contributed by atoms with Crippen molar-refractivity contribution in [1.29, 1.82) is 0 Å². The van der Waals surface area contributed by atoms with Crippen molar-refractivity contribution in [3.8, 4) is 5.75 Å². The average Bonchev–Trinajstić information content (AvgIpc) is 2.43. The van der Waals surface area contributed by atoms with Gasteiger partial charge in [-0.25, -0.2) is 0 Å². The molecule has 0 amide bonds. The Morgan fingerprint density at radius 3 is 2.75 bits per heavy atom. The fourth-order valence-electron chi connectivity index (χ4n) is 1.91. The van der Waals surface area contributed by atoms with Crippen LogP contribution in [0.15, 0.2) is 36.1 Å². The SMILES string of the molecule is COc1cc(C)c(Cl)cc1NC(=S)NC1=CCCC=C1. The fraction of sp³-hybridized carbons (Fsp3) is 0.267. The molecule has 0 unspecified atom stereocenters. The topological polar surface area (TPSA) is 33.3 Å². The first-order chi connectivity index (χ1) is 9.60. The number of hydrogen-bond acceptors (Lipinski definition) is 2. The molecule has 1 aromatic carbocycles. The van der Waals surface area contributed by atoms with Gasteiger partial charge in [-0.2, -0.15) is 0 Å². The maximum absolute atomic E-state index is 6.14. The molecule has 0 aliphatic heterocycles. The summed E-state index contributed by atoms with van der Waals surface area (Å²) < 4.78 is 5.33. The largest absolute Gasteiger partial charge is 0.495 e. The van der Waals surface area contributed by atoms with Crippen LogP contribution < -0.4 is 15.4 Å². The van der Waals surface area contributed by atoms with E-state index in [0.717, 1.165) is 29.8 Å². The number of allylic oxidation sites excluding steroid dienone is 3. The Hall–Kier alpha value is -1.52. The molecule has 0 heterocycles. The van der Waals surface area contributed by atoms with E-state index in [2.05, 4.69) is 22.8 Å². The van der Waals surface area contributed by atoms with Crippen LogP contribution in [0, 0.1) is 6.92 Å². The molecule has 1 aliphatic rings. The number of thiocarbonyl (C=S) groups is 1. The minimum Gasteiger partial charge on any atom is -0.495 e. The van der Waals surface area contributed by atoms with Crippen molar-refractivity contribution in [3.63, 3.8) is 0 Å². The Morgan fingerprint density at radius 2 is 2.10 bits per heavy atom. The Bertz CT molecular complexity index is 581. The minimum atomic E-state index is 0.515. The number of hydrogen-bond donors (Lipinski definition) is 2. The lowest BCUT2D eigenvalue weighted by Gasteiger charge is -2.16. The summed E-state index contributed by atoms with van der Waals surface area (Å²) >= 11 is 11.4. The number of halogens is 1. The lowest BCUT2D eigenvalue weighted by Crippen LogP contribution is -2.27. The summed E-state index contributed by atoms with van der Waals surface area (Å²) in [6.45, 7) is 1.93. The van der Waals surface area contributed by atoms with Crippen molar-refractivity contribution in [2.45, 2.75) is 19.8 Å². The smallest absolute Gasteiger partial charge is 0.175 e. The molecule has 1 aromatic rings. The number of methoxy groups -OCH3 is 1. The molecule has 2 rings (SSSR count). The van der Waals surface area contributed by atoms with E-state index in [9.17, 15) is 0 Å². The molecule has 0 atom stereocenters. The molecular weight excluding hydrogens is 292 g/mol. The Morgan fingerprint density at radius 1 is 1.30 bits per heavy atom. The van der Waals surface area contributed by atoms with Gasteiger partial charge in [-0.05, 0) is 55.8 Å². The molecule has 1 aliphatic carbocycles. The maximum atomic E-state index is 6.14. The predicted molar refractivity (Wildman–Crippen MR) is 88.6 cm³/mol. The van der Waals surface area contributed by atoms with E-state index in [1.165, 1.54) is 0 Å². The van der Waals surface area contributed by atoms with Crippen molar-refractivity contribution in [2.24, 2.45) is 0 Å². The summed E-state index contributed by atoms with van der Waals surface area (Å²) in [5, 5.41) is 7.45. The minimum absolute atomic E-state index is 0.515. The Labute approximate surface area is 129 Å². The van der Waals surface area contributed by atoms with E-state index in [4.69, 9.17) is 28.6 Å². The third-order valence-corrected chi connectivity index (χ3v) is 3.59. The van der Waals surface area contributed by atoms with Gasteiger partial charge in [0.2, 0.25) is 0 Å². The zero-order valence-corrected chi connectivity index (χ0v) is 13.1. The van der Waals surface area contributed by atoms with E-state index in [1.807, 2.05) is 25.1 Å². The summed E-state index contributed by atoms with van der Waals surface area (Å²) in [6.07, 6.45) is 8.37. The highest BCUT2D eigenvalue weighted by Gasteiger charge is 2.09. The molecule has 0 aromatic heterocycles. The molecule has 3 nitrogen and oxygen atoms in total. The van der Waals surface area contributed by atoms with Gasteiger partial charge in [-0.1, -0.05) is 23.8 Å². The molecule has 0 fully saturated rings. The lowest BCUT2D eigenvalue weighted by atomic mass is 10.1. The first-order valence-corrected chi connectivity index (χ1v) is 7.17. The molecule has 0 spiro atoms. The van der Waals surface area contributed by atoms with Crippen LogP contribution in [-0.4, -0.2) is 12.2 Å². The van der Waals surface area contributed by atoms with Gasteiger partial charge in [0.05, 0.1) is 12.8 Å². The van der Waals surface area contributed by atoms with Gasteiger partial charge in [0, 0.05) is 10.7 Å². The molecule has 0 saturated heterocycles. The van der Waals surface area contributed by atoms with Crippen molar-refractivity contribution < 1.29 is 4.74 Å². The maximum Gasteiger partial charge on any atom is 0.175 e. The van der Waals surface area contributed by atoms with Gasteiger partial charge in [0.25, 0.3) is 0 Å². The predicted octanol–water partition coefficient (Wildman–Crippen LogP) is 4.18. The van der Waals surface area contributed by atoms with Crippen LogP contribution in [0.2, 0.25) is 5.02 Å². The van der Waals surface area contributed by atoms with Crippen LogP contribution in [0.3, 0.4) is 0 Å². The highest BCUT2D eigenvalue weighted by molar-refractivity contribution is 7.80. The molecule has 0 bridgehead atoms. The number of ether oxygens (including phenoxy) is 1. The molecule has 0 saturated carbocycles. The van der Waals surface area contributed by atoms with Gasteiger partial charge in [0.15, 0.2) is 5.11 Å². The monoisotopic (exact) mass is 308 g/mol. The van der Waals surface area contributed by atoms with Crippen LogP contribution in [0.25, 0.3) is 0 Å². The van der Waals surface area contributed by atoms with Gasteiger partial charge in [-0.15, -0.1) is 0 Å². The fourth-order valence-corrected chi connectivity index (χ4v) is 2.30. The quantitative estimate of drug-likeness (QED) is 0.821. The number of benzene rings is 1. The molecule has 2 N–H and O–H groups in total. The summed E-state index contributed by atoms with van der Waals surface area (Å²) in [7, 11) is 1.62. The summed E-state index contributed by atoms with van der Waals surface area (Å²) in [5.41, 5.74) is 2.72. The second-order valence-electron chi connectivity index (χ2n) is 4.52. The number of nitrogens with one attached hydrogen (secondary N) is 2. The summed E-state index contributed by atoms with van der Waals surface area (Å²) in [6, 6.07) is 3.70. The van der Waals surface area contributed by atoms with Gasteiger partial charge < -0.3 is 15.4 Å². The van der Waals surface area contributed by atoms with Crippen molar-refractivity contribution in [2.75, 3.05) is 12.4 Å². The molecule has 0 radical (unpaired) electrons. The number of anilines is 1. The van der Waals surface area contributed by atoms with Crippen LogP contribution in [0.4, 0.5) is 5.69 Å². The van der Waals surface area contributed by atoms with Crippen molar-refractivity contribution in [3.05, 3.63) is 46.6 Å². The second kappa shape index (κ2) is 6.77. The van der Waals surface area contributed by atoms with Crippen LogP contribution in [0.1, 0.15) is 18.4 Å². The standard InChI is InChI=1S/C15H17ClN2OS/c1-10-8-14(19-2)13(9-12(10)16)18-15(20)17-11-6-4-3-5-7-11/h4,6-9H,3,5H2,1-2H3,(H2,17,18,20). The summed E-state index contributed by atoms with van der Waals surface area (Å²) in [4.78, 5) is 0. The van der Waals surface area contributed by atoms with Crippen molar-refractivity contribution >= 4 is 34.6 Å². The van der Waals surface area contributed by atoms with E-state index >= 15 is 0 Å². The summed E-state index contributed by atoms with van der Waals surface area (Å²) in [5.74, 6) is 0.712. The normalized spacial score (nSPS) is 13.7. The second-order valence-corrected chi connectivity index (χ2v) is 5.34. The number of aryl methyl sites for hydroxylation is 1. The van der Waals surface area contributed by atoms with E-state index in [1.54, 1.807) is 7.11 Å². The molecule has 20 heavy (non-hydrogen) atoms. The van der Waals surface area contributed by atoms with Gasteiger partial charge >= 0.3 is 0 Å². The van der Waals surface area contributed by atoms with E-state index in [-0.39, 0.29) is 0 Å². The van der Waals surface area contributed by atoms with Gasteiger partial charge in [0.1, 0.15) is 5.75 Å². The first-order valence-electron chi connectivity index (χ1n) is 6.39. The van der Waals surface area contributed by atoms with Crippen molar-refractivity contribution in [1.82, 2.24) is 5.32 Å². The zero-order chi connectivity index (χ0) is 14.5. The lowest BCUT2D eigenvalue weighted by molar-refractivity contribution is 0.416. The highest BCUT2D eigenvalue weighted by Crippen LogP contribution is 2.30. The van der Waals surface area contributed by atoms with Crippen LogP contribution in [0.5, 0.6) is 5.75 Å². The zero-order valence-electron chi connectivity index (χ0n) is 11.5. The van der Waals surface area contributed by atoms with E-state index in [0.29, 0.717) is 15.9 Å². The highest BCUT2D eigenvalue weighted by atomic mass is 35.5. The average molecular weight is 309 g/mol. The molecule has 106 valence electrons.